The van der Waals surface area contributed by atoms with Crippen molar-refractivity contribution in [1.29, 1.82) is 0 Å². The van der Waals surface area contributed by atoms with Crippen molar-refractivity contribution in [3.63, 3.8) is 0 Å². The molecule has 72 valence electrons. The fraction of sp³-hybridized carbons (Fsp3) is 0.364. The van der Waals surface area contributed by atoms with Crippen LogP contribution in [-0.4, -0.2) is 9.45 Å². The van der Waals surface area contributed by atoms with E-state index in [1.165, 1.54) is 0 Å². The molecular weight excluding hydrogens is 196 g/mol. The molecule has 0 radical (unpaired) electrons. The summed E-state index contributed by atoms with van der Waals surface area (Å²) in [6, 6.07) is 0. The lowest BCUT2D eigenvalue weighted by Crippen LogP contribution is -1.97. The van der Waals surface area contributed by atoms with Crippen LogP contribution >= 0.6 is 24.0 Å². The Bertz CT molecular complexity index is 234. The number of rotatable bonds is 4. The molecule has 13 heavy (non-hydrogen) atoms. The lowest BCUT2D eigenvalue weighted by atomic mass is 10.2. The third-order valence-corrected chi connectivity index (χ3v) is 2.75. The molecule has 0 aromatic rings. The van der Waals surface area contributed by atoms with E-state index in [-0.39, 0.29) is 0 Å². The van der Waals surface area contributed by atoms with Crippen LogP contribution in [0.5, 0.6) is 0 Å². The Balaban J connectivity index is 4.34. The third kappa shape index (κ3) is 5.83. The van der Waals surface area contributed by atoms with Crippen LogP contribution in [0.4, 0.5) is 0 Å². The zero-order chi connectivity index (χ0) is 10.3. The zero-order valence-corrected chi connectivity index (χ0v) is 10.0. The first-order valence-electron chi connectivity index (χ1n) is 4.28. The van der Waals surface area contributed by atoms with Gasteiger partial charge in [0.15, 0.2) is 0 Å². The predicted octanol–water partition coefficient (Wildman–Crippen LogP) is 4.14. The average Bonchev–Trinajstić information content (AvgIpc) is 2.04. The second-order valence-electron chi connectivity index (χ2n) is 2.79. The standard InChI is InChI=1S/C11H16S2/c1-5-7-8-10(6-2)11(12)13-9(3)4/h5-9H,1H2,2-4H3/b8-7-,10-6+. The summed E-state index contributed by atoms with van der Waals surface area (Å²) in [5, 5.41) is 0.541. The van der Waals surface area contributed by atoms with Gasteiger partial charge in [-0.05, 0) is 12.5 Å². The van der Waals surface area contributed by atoms with Crippen LogP contribution in [0.15, 0.2) is 36.5 Å². The molecule has 0 spiro atoms. The number of thiocarbonyl (C=S) groups is 1. The number of allylic oxidation sites excluding steroid dienone is 4. The van der Waals surface area contributed by atoms with Crippen LogP contribution < -0.4 is 0 Å². The van der Waals surface area contributed by atoms with Gasteiger partial charge in [0.2, 0.25) is 0 Å². The molecule has 0 aliphatic rings. The highest BCUT2D eigenvalue weighted by atomic mass is 32.2. The van der Waals surface area contributed by atoms with Crippen molar-refractivity contribution in [3.8, 4) is 0 Å². The first-order chi connectivity index (χ1) is 6.11. The maximum absolute atomic E-state index is 5.27. The van der Waals surface area contributed by atoms with E-state index in [9.17, 15) is 0 Å². The van der Waals surface area contributed by atoms with E-state index in [2.05, 4.69) is 20.4 Å². The van der Waals surface area contributed by atoms with Gasteiger partial charge in [-0.25, -0.2) is 0 Å². The van der Waals surface area contributed by atoms with Gasteiger partial charge in [-0.1, -0.05) is 56.9 Å². The van der Waals surface area contributed by atoms with E-state index in [1.807, 2.05) is 25.2 Å². The predicted molar refractivity (Wildman–Crippen MR) is 68.4 cm³/mol. The Morgan fingerprint density at radius 3 is 2.46 bits per heavy atom. The molecule has 0 heterocycles. The summed E-state index contributed by atoms with van der Waals surface area (Å²) in [6.07, 6.45) is 7.68. The SMILES string of the molecule is C=C/C=C\C(=C/C)C(=S)SC(C)C. The van der Waals surface area contributed by atoms with Crippen molar-refractivity contribution in [2.45, 2.75) is 26.0 Å². The Morgan fingerprint density at radius 1 is 1.46 bits per heavy atom. The molecular formula is C11H16S2. The molecule has 0 rings (SSSR count). The highest BCUT2D eigenvalue weighted by Crippen LogP contribution is 2.19. The molecule has 0 saturated carbocycles. The van der Waals surface area contributed by atoms with Crippen LogP contribution in [-0.2, 0) is 0 Å². The lowest BCUT2D eigenvalue weighted by Gasteiger charge is -2.06. The molecule has 0 aliphatic carbocycles. The Kier molecular flexibility index (Phi) is 6.92. The number of hydrogen-bond donors (Lipinski definition) is 0. The highest BCUT2D eigenvalue weighted by molar-refractivity contribution is 8.24. The van der Waals surface area contributed by atoms with Gasteiger partial charge in [-0.3, -0.25) is 0 Å². The second kappa shape index (κ2) is 7.10. The van der Waals surface area contributed by atoms with E-state index < -0.39 is 0 Å². The van der Waals surface area contributed by atoms with E-state index in [0.717, 1.165) is 9.77 Å². The average molecular weight is 212 g/mol. The summed E-state index contributed by atoms with van der Waals surface area (Å²) in [5.74, 6) is 0. The van der Waals surface area contributed by atoms with Crippen LogP contribution in [0.1, 0.15) is 20.8 Å². The fourth-order valence-electron chi connectivity index (χ4n) is 0.736. The van der Waals surface area contributed by atoms with Crippen LogP contribution in [0.3, 0.4) is 0 Å². The summed E-state index contributed by atoms with van der Waals surface area (Å²) < 4.78 is 0.954. The molecule has 0 saturated heterocycles. The summed E-state index contributed by atoms with van der Waals surface area (Å²) in [4.78, 5) is 0. The largest absolute Gasteiger partial charge is 0.111 e. The molecule has 0 aliphatic heterocycles. The lowest BCUT2D eigenvalue weighted by molar-refractivity contribution is 1.12. The van der Waals surface area contributed by atoms with Gasteiger partial charge in [0.25, 0.3) is 0 Å². The van der Waals surface area contributed by atoms with E-state index >= 15 is 0 Å². The molecule has 0 unspecified atom stereocenters. The normalized spacial score (nSPS) is 12.5. The molecule has 2 heteroatoms. The Hall–Kier alpha value is -0.340. The molecule has 0 amide bonds. The summed E-state index contributed by atoms with van der Waals surface area (Å²) in [5.41, 5.74) is 1.11. The molecule has 0 N–H and O–H groups in total. The van der Waals surface area contributed by atoms with E-state index in [4.69, 9.17) is 12.2 Å². The maximum atomic E-state index is 5.27. The van der Waals surface area contributed by atoms with Crippen molar-refractivity contribution in [2.24, 2.45) is 0 Å². The van der Waals surface area contributed by atoms with E-state index in [1.54, 1.807) is 17.8 Å². The van der Waals surface area contributed by atoms with Crippen molar-refractivity contribution in [1.82, 2.24) is 0 Å². The molecule has 0 aromatic heterocycles. The monoisotopic (exact) mass is 212 g/mol. The van der Waals surface area contributed by atoms with Crippen LogP contribution in [0.25, 0.3) is 0 Å². The molecule has 0 bridgehead atoms. The number of thioether (sulfide) groups is 1. The van der Waals surface area contributed by atoms with Gasteiger partial charge in [-0.15, -0.1) is 11.8 Å². The van der Waals surface area contributed by atoms with Gasteiger partial charge in [-0.2, -0.15) is 0 Å². The van der Waals surface area contributed by atoms with Gasteiger partial charge in [0.05, 0.1) is 4.20 Å². The Labute approximate surface area is 90.8 Å². The first kappa shape index (κ1) is 12.7. The topological polar surface area (TPSA) is 0 Å². The first-order valence-corrected chi connectivity index (χ1v) is 5.57. The van der Waals surface area contributed by atoms with Gasteiger partial charge in [0.1, 0.15) is 0 Å². The molecule has 0 fully saturated rings. The maximum Gasteiger partial charge on any atom is 0.0777 e. The minimum absolute atomic E-state index is 0.541. The van der Waals surface area contributed by atoms with Crippen molar-refractivity contribution < 1.29 is 0 Å². The zero-order valence-electron chi connectivity index (χ0n) is 8.41. The summed E-state index contributed by atoms with van der Waals surface area (Å²) in [7, 11) is 0. The summed E-state index contributed by atoms with van der Waals surface area (Å²) >= 11 is 6.99. The van der Waals surface area contributed by atoms with E-state index in [0.29, 0.717) is 5.25 Å². The molecule has 0 nitrogen and oxygen atoms in total. The van der Waals surface area contributed by atoms with Gasteiger partial charge >= 0.3 is 0 Å². The third-order valence-electron chi connectivity index (χ3n) is 1.30. The highest BCUT2D eigenvalue weighted by Gasteiger charge is 2.03. The van der Waals surface area contributed by atoms with Crippen molar-refractivity contribution in [2.75, 3.05) is 0 Å². The van der Waals surface area contributed by atoms with Crippen molar-refractivity contribution >= 4 is 28.2 Å². The van der Waals surface area contributed by atoms with Gasteiger partial charge < -0.3 is 0 Å². The minimum Gasteiger partial charge on any atom is -0.111 e. The van der Waals surface area contributed by atoms with Crippen LogP contribution in [0.2, 0.25) is 0 Å². The van der Waals surface area contributed by atoms with Crippen LogP contribution in [0, 0.1) is 0 Å². The minimum atomic E-state index is 0.541. The summed E-state index contributed by atoms with van der Waals surface area (Å²) in [6.45, 7) is 9.90. The molecule has 0 atom stereocenters. The quantitative estimate of drug-likeness (QED) is 0.390. The second-order valence-corrected chi connectivity index (χ2v) is 5.05. The Morgan fingerprint density at radius 2 is 2.08 bits per heavy atom. The molecule has 0 aromatic carbocycles. The van der Waals surface area contributed by atoms with Gasteiger partial charge in [0, 0.05) is 5.25 Å². The van der Waals surface area contributed by atoms with Crippen molar-refractivity contribution in [3.05, 3.63) is 36.5 Å². The fourth-order valence-corrected chi connectivity index (χ4v) is 2.25. The smallest absolute Gasteiger partial charge is 0.0777 e. The number of hydrogen-bond acceptors (Lipinski definition) is 2.